The Balaban J connectivity index is 2.15. The maximum absolute atomic E-state index is 13.9. The lowest BCUT2D eigenvalue weighted by atomic mass is 9.97. The Bertz CT molecular complexity index is 813. The second-order valence-corrected chi connectivity index (χ2v) is 6.34. The predicted octanol–water partition coefficient (Wildman–Crippen LogP) is 6.38. The van der Waals surface area contributed by atoms with Crippen molar-refractivity contribution in [3.8, 4) is 0 Å². The molecule has 106 valence electrons. The van der Waals surface area contributed by atoms with E-state index < -0.39 is 0 Å². The normalized spacial score (nSPS) is 12.6. The fourth-order valence-electron chi connectivity index (χ4n) is 2.45. The molecular weight excluding hydrogens is 351 g/mol. The number of aryl methyl sites for hydroxylation is 1. The summed E-state index contributed by atoms with van der Waals surface area (Å²) in [5, 5.41) is 1.15. The van der Waals surface area contributed by atoms with Gasteiger partial charge < -0.3 is 0 Å². The highest BCUT2D eigenvalue weighted by Gasteiger charge is 2.16. The first-order chi connectivity index (χ1) is 10.1. The lowest BCUT2D eigenvalue weighted by Gasteiger charge is -2.15. The monoisotopic (exact) mass is 362 g/mol. The average Bonchev–Trinajstić information content (AvgIpc) is 2.50. The van der Waals surface area contributed by atoms with Crippen LogP contribution in [-0.2, 0) is 0 Å². The summed E-state index contributed by atoms with van der Waals surface area (Å²) in [7, 11) is 0. The maximum Gasteiger partial charge on any atom is 0.131 e. The van der Waals surface area contributed by atoms with Gasteiger partial charge in [-0.05, 0) is 41.1 Å². The maximum atomic E-state index is 13.9. The second kappa shape index (κ2) is 5.78. The molecule has 0 aliphatic heterocycles. The fourth-order valence-corrected chi connectivity index (χ4v) is 3.18. The number of rotatable bonds is 2. The largest absolute Gasteiger partial charge is 0.206 e. The molecule has 3 heteroatoms. The molecule has 0 bridgehead atoms. The zero-order valence-electron chi connectivity index (χ0n) is 11.4. The van der Waals surface area contributed by atoms with Crippen LogP contribution in [0.2, 0.25) is 0 Å². The van der Waals surface area contributed by atoms with Crippen molar-refractivity contribution in [1.82, 2.24) is 0 Å². The molecule has 0 fully saturated rings. The van der Waals surface area contributed by atoms with Gasteiger partial charge in [-0.15, -0.1) is 11.6 Å². The first-order valence-electron chi connectivity index (χ1n) is 6.65. The Kier molecular flexibility index (Phi) is 4.01. The van der Waals surface area contributed by atoms with E-state index in [-0.39, 0.29) is 11.2 Å². The minimum Gasteiger partial charge on any atom is -0.206 e. The van der Waals surface area contributed by atoms with Gasteiger partial charge in [0, 0.05) is 9.86 Å². The molecule has 21 heavy (non-hydrogen) atoms. The number of fused-ring (bicyclic) bond motifs is 1. The standard InChI is InChI=1S/C18H13BrClF/c1-11-6-7-12(10-16(11)19)18(20)15-8-9-17(21)14-5-3-2-4-13(14)15/h2-10,18H,1H3. The van der Waals surface area contributed by atoms with Crippen molar-refractivity contribution < 1.29 is 4.39 Å². The topological polar surface area (TPSA) is 0 Å². The summed E-state index contributed by atoms with van der Waals surface area (Å²) in [6.45, 7) is 2.03. The predicted molar refractivity (Wildman–Crippen MR) is 90.5 cm³/mol. The number of hydrogen-bond donors (Lipinski definition) is 0. The SMILES string of the molecule is Cc1ccc(C(Cl)c2ccc(F)c3ccccc23)cc1Br. The fraction of sp³-hybridized carbons (Fsp3) is 0.111. The molecule has 1 unspecified atom stereocenters. The molecule has 3 aromatic rings. The van der Waals surface area contributed by atoms with Crippen LogP contribution in [0, 0.1) is 12.7 Å². The van der Waals surface area contributed by atoms with E-state index in [9.17, 15) is 4.39 Å². The van der Waals surface area contributed by atoms with Gasteiger partial charge in [-0.3, -0.25) is 0 Å². The van der Waals surface area contributed by atoms with E-state index in [2.05, 4.69) is 15.9 Å². The van der Waals surface area contributed by atoms with Gasteiger partial charge in [-0.25, -0.2) is 4.39 Å². The van der Waals surface area contributed by atoms with E-state index in [4.69, 9.17) is 11.6 Å². The van der Waals surface area contributed by atoms with Crippen LogP contribution in [0.3, 0.4) is 0 Å². The molecule has 1 atom stereocenters. The van der Waals surface area contributed by atoms with Gasteiger partial charge in [-0.2, -0.15) is 0 Å². The summed E-state index contributed by atoms with van der Waals surface area (Å²) in [4.78, 5) is 0. The van der Waals surface area contributed by atoms with E-state index in [1.165, 1.54) is 6.07 Å². The quantitative estimate of drug-likeness (QED) is 0.463. The number of alkyl halides is 1. The molecule has 0 spiro atoms. The zero-order valence-corrected chi connectivity index (χ0v) is 13.7. The third-order valence-electron chi connectivity index (χ3n) is 3.67. The van der Waals surface area contributed by atoms with E-state index in [0.717, 1.165) is 26.5 Å². The van der Waals surface area contributed by atoms with Crippen molar-refractivity contribution >= 4 is 38.3 Å². The van der Waals surface area contributed by atoms with Gasteiger partial charge in [0.05, 0.1) is 5.38 Å². The molecule has 0 heterocycles. The number of hydrogen-bond acceptors (Lipinski definition) is 0. The molecule has 3 aromatic carbocycles. The van der Waals surface area contributed by atoms with Gasteiger partial charge in [0.25, 0.3) is 0 Å². The van der Waals surface area contributed by atoms with Crippen LogP contribution in [0.25, 0.3) is 10.8 Å². The van der Waals surface area contributed by atoms with Crippen LogP contribution in [0.15, 0.2) is 59.1 Å². The Morgan fingerprint density at radius 1 is 1.00 bits per heavy atom. The lowest BCUT2D eigenvalue weighted by Crippen LogP contribution is -1.96. The van der Waals surface area contributed by atoms with Crippen molar-refractivity contribution in [3.05, 3.63) is 81.6 Å². The van der Waals surface area contributed by atoms with Crippen molar-refractivity contribution in [1.29, 1.82) is 0 Å². The molecule has 0 radical (unpaired) electrons. The molecule has 0 aliphatic carbocycles. The summed E-state index contributed by atoms with van der Waals surface area (Å²) < 4.78 is 14.9. The lowest BCUT2D eigenvalue weighted by molar-refractivity contribution is 0.639. The van der Waals surface area contributed by atoms with Crippen molar-refractivity contribution in [2.75, 3.05) is 0 Å². The van der Waals surface area contributed by atoms with E-state index in [1.807, 2.05) is 43.3 Å². The first-order valence-corrected chi connectivity index (χ1v) is 7.88. The van der Waals surface area contributed by atoms with Crippen LogP contribution in [0.1, 0.15) is 22.1 Å². The molecule has 0 nitrogen and oxygen atoms in total. The van der Waals surface area contributed by atoms with E-state index in [0.29, 0.717) is 5.39 Å². The highest BCUT2D eigenvalue weighted by Crippen LogP contribution is 2.36. The molecule has 0 N–H and O–H groups in total. The summed E-state index contributed by atoms with van der Waals surface area (Å²) in [5.74, 6) is -0.219. The minimum atomic E-state index is -0.313. The Morgan fingerprint density at radius 3 is 2.43 bits per heavy atom. The minimum absolute atomic E-state index is 0.219. The van der Waals surface area contributed by atoms with Gasteiger partial charge in [0.2, 0.25) is 0 Å². The summed E-state index contributed by atoms with van der Waals surface area (Å²) in [6, 6.07) is 16.7. The molecular formula is C18H13BrClF. The second-order valence-electron chi connectivity index (χ2n) is 5.05. The van der Waals surface area contributed by atoms with Gasteiger partial charge in [0.1, 0.15) is 5.82 Å². The Morgan fingerprint density at radius 2 is 1.71 bits per heavy atom. The van der Waals surface area contributed by atoms with Crippen LogP contribution >= 0.6 is 27.5 Å². The van der Waals surface area contributed by atoms with Crippen LogP contribution < -0.4 is 0 Å². The number of benzene rings is 3. The third-order valence-corrected chi connectivity index (χ3v) is 5.01. The Labute approximate surface area is 136 Å². The van der Waals surface area contributed by atoms with Crippen molar-refractivity contribution in [2.45, 2.75) is 12.3 Å². The molecule has 0 amide bonds. The summed E-state index contributed by atoms with van der Waals surface area (Å²) >= 11 is 10.2. The van der Waals surface area contributed by atoms with Crippen LogP contribution in [0.4, 0.5) is 4.39 Å². The highest BCUT2D eigenvalue weighted by atomic mass is 79.9. The molecule has 0 aromatic heterocycles. The molecule has 0 aliphatic rings. The van der Waals surface area contributed by atoms with Gasteiger partial charge in [-0.1, -0.05) is 58.4 Å². The zero-order chi connectivity index (χ0) is 15.0. The molecule has 0 saturated heterocycles. The van der Waals surface area contributed by atoms with Crippen LogP contribution in [0.5, 0.6) is 0 Å². The summed E-state index contributed by atoms with van der Waals surface area (Å²) in [5.41, 5.74) is 3.07. The third kappa shape index (κ3) is 2.70. The molecule has 0 saturated carbocycles. The first kappa shape index (κ1) is 14.6. The summed E-state index contributed by atoms with van der Waals surface area (Å²) in [6.07, 6.45) is 0. The molecule has 3 rings (SSSR count). The number of halogens is 3. The van der Waals surface area contributed by atoms with Crippen molar-refractivity contribution in [3.63, 3.8) is 0 Å². The Hall–Kier alpha value is -1.38. The van der Waals surface area contributed by atoms with Crippen LogP contribution in [-0.4, -0.2) is 0 Å². The van der Waals surface area contributed by atoms with E-state index >= 15 is 0 Å². The smallest absolute Gasteiger partial charge is 0.131 e. The van der Waals surface area contributed by atoms with Gasteiger partial charge >= 0.3 is 0 Å². The van der Waals surface area contributed by atoms with E-state index in [1.54, 1.807) is 12.1 Å². The van der Waals surface area contributed by atoms with Crippen molar-refractivity contribution in [2.24, 2.45) is 0 Å². The van der Waals surface area contributed by atoms with Gasteiger partial charge in [0.15, 0.2) is 0 Å². The average molecular weight is 364 g/mol. The highest BCUT2D eigenvalue weighted by molar-refractivity contribution is 9.10.